The summed E-state index contributed by atoms with van der Waals surface area (Å²) in [6.07, 6.45) is 0. The highest BCUT2D eigenvalue weighted by Gasteiger charge is 2.27. The van der Waals surface area contributed by atoms with Gasteiger partial charge in [-0.2, -0.15) is 5.10 Å². The van der Waals surface area contributed by atoms with Gasteiger partial charge in [0.1, 0.15) is 5.82 Å². The van der Waals surface area contributed by atoms with E-state index in [4.69, 9.17) is 11.6 Å². The summed E-state index contributed by atoms with van der Waals surface area (Å²) in [5.41, 5.74) is 1.82. The number of halogens is 2. The predicted molar refractivity (Wildman–Crippen MR) is 84.1 cm³/mol. The Balaban J connectivity index is 2.04. The Bertz CT molecular complexity index is 954. The molecule has 4 nitrogen and oxygen atoms in total. The summed E-state index contributed by atoms with van der Waals surface area (Å²) in [5.74, 6) is -0.556. The van der Waals surface area contributed by atoms with E-state index in [0.29, 0.717) is 33.7 Å². The number of H-pyrrole nitrogens is 1. The van der Waals surface area contributed by atoms with E-state index in [0.717, 1.165) is 5.56 Å². The number of anilines is 1. The summed E-state index contributed by atoms with van der Waals surface area (Å²) in [7, 11) is 0. The lowest BCUT2D eigenvalue weighted by molar-refractivity contribution is 0.629. The van der Waals surface area contributed by atoms with E-state index in [9.17, 15) is 9.18 Å². The first kappa shape index (κ1) is 13.3. The number of nitrogens with zero attached hydrogens (tertiary/aromatic N) is 1. The number of hydrogen-bond acceptors (Lipinski definition) is 3. The zero-order chi connectivity index (χ0) is 15.3. The highest BCUT2D eigenvalue weighted by atomic mass is 35.5. The van der Waals surface area contributed by atoms with Crippen LogP contribution in [0.25, 0.3) is 10.8 Å². The van der Waals surface area contributed by atoms with Crippen LogP contribution in [-0.4, -0.2) is 16.7 Å². The maximum atomic E-state index is 13.7. The summed E-state index contributed by atoms with van der Waals surface area (Å²) in [4.78, 5) is 11.9. The molecule has 3 aromatic rings. The van der Waals surface area contributed by atoms with Crippen molar-refractivity contribution in [3.63, 3.8) is 0 Å². The molecule has 22 heavy (non-hydrogen) atoms. The highest BCUT2D eigenvalue weighted by molar-refractivity contribution is 6.31. The van der Waals surface area contributed by atoms with Gasteiger partial charge < -0.3 is 5.32 Å². The lowest BCUT2D eigenvalue weighted by Gasteiger charge is -2.26. The van der Waals surface area contributed by atoms with Crippen molar-refractivity contribution in [3.05, 3.63) is 68.8 Å². The summed E-state index contributed by atoms with van der Waals surface area (Å²) in [5, 5.41) is 11.4. The molecule has 1 atom stereocenters. The second-order valence-corrected chi connectivity index (χ2v) is 5.68. The van der Waals surface area contributed by atoms with Crippen molar-refractivity contribution >= 4 is 28.1 Å². The molecular formula is C16H11ClFN3O. The number of nitrogens with one attached hydrogen (secondary N) is 2. The molecule has 2 heterocycles. The van der Waals surface area contributed by atoms with Crippen molar-refractivity contribution in [1.82, 2.24) is 10.2 Å². The quantitative estimate of drug-likeness (QED) is 0.724. The Morgan fingerprint density at radius 2 is 2.09 bits per heavy atom. The van der Waals surface area contributed by atoms with Gasteiger partial charge in [-0.25, -0.2) is 9.49 Å². The second-order valence-electron chi connectivity index (χ2n) is 5.27. The van der Waals surface area contributed by atoms with Crippen LogP contribution in [0.4, 0.5) is 10.1 Å². The van der Waals surface area contributed by atoms with E-state index in [1.54, 1.807) is 0 Å². The number of hydrogen-bond donors (Lipinski definition) is 2. The second kappa shape index (κ2) is 4.81. The molecule has 0 radical (unpaired) electrons. The first-order valence-corrected chi connectivity index (χ1v) is 7.23. The molecule has 2 aromatic carbocycles. The zero-order valence-electron chi connectivity index (χ0n) is 11.4. The summed E-state index contributed by atoms with van der Waals surface area (Å²) in [6.45, 7) is 0.536. The van der Waals surface area contributed by atoms with Crippen molar-refractivity contribution in [2.24, 2.45) is 0 Å². The van der Waals surface area contributed by atoms with Crippen molar-refractivity contribution in [3.8, 4) is 0 Å². The Hall–Kier alpha value is -2.40. The number of aromatic nitrogens is 2. The molecule has 110 valence electrons. The normalized spacial score (nSPS) is 16.5. The van der Waals surface area contributed by atoms with Crippen molar-refractivity contribution in [2.75, 3.05) is 11.9 Å². The molecule has 6 heteroatoms. The molecular weight excluding hydrogens is 305 g/mol. The summed E-state index contributed by atoms with van der Waals surface area (Å²) < 4.78 is 13.7. The van der Waals surface area contributed by atoms with Gasteiger partial charge in [0.05, 0.1) is 11.1 Å². The lowest BCUT2D eigenvalue weighted by Crippen LogP contribution is -2.24. The third-order valence-electron chi connectivity index (χ3n) is 3.99. The van der Waals surface area contributed by atoms with Crippen LogP contribution >= 0.6 is 11.6 Å². The van der Waals surface area contributed by atoms with Gasteiger partial charge >= 0.3 is 0 Å². The Kier molecular flexibility index (Phi) is 2.90. The van der Waals surface area contributed by atoms with Crippen LogP contribution in [0.15, 0.2) is 41.2 Å². The van der Waals surface area contributed by atoms with Crippen LogP contribution in [0.2, 0.25) is 5.02 Å². The van der Waals surface area contributed by atoms with E-state index >= 15 is 0 Å². The van der Waals surface area contributed by atoms with Gasteiger partial charge in [-0.1, -0.05) is 29.8 Å². The predicted octanol–water partition coefficient (Wildman–Crippen LogP) is 3.27. The molecule has 1 aliphatic rings. The summed E-state index contributed by atoms with van der Waals surface area (Å²) in [6, 6.07) is 10.1. The van der Waals surface area contributed by atoms with E-state index in [-0.39, 0.29) is 5.92 Å². The number of benzene rings is 2. The fourth-order valence-corrected chi connectivity index (χ4v) is 3.27. The van der Waals surface area contributed by atoms with Crippen LogP contribution in [0.1, 0.15) is 17.2 Å². The Morgan fingerprint density at radius 1 is 1.27 bits per heavy atom. The minimum absolute atomic E-state index is 0.106. The first-order valence-electron chi connectivity index (χ1n) is 6.85. The lowest BCUT2D eigenvalue weighted by atomic mass is 9.89. The molecule has 1 unspecified atom stereocenters. The topological polar surface area (TPSA) is 57.8 Å². The first-order chi connectivity index (χ1) is 10.6. The fraction of sp³-hybridized carbons (Fsp3) is 0.125. The molecule has 0 bridgehead atoms. The van der Waals surface area contributed by atoms with Crippen molar-refractivity contribution in [2.45, 2.75) is 5.92 Å². The molecule has 0 saturated heterocycles. The highest BCUT2D eigenvalue weighted by Crippen LogP contribution is 2.38. The van der Waals surface area contributed by atoms with Gasteiger partial charge in [-0.15, -0.1) is 0 Å². The van der Waals surface area contributed by atoms with Gasteiger partial charge in [0.15, 0.2) is 0 Å². The molecule has 0 saturated carbocycles. The largest absolute Gasteiger partial charge is 0.383 e. The van der Waals surface area contributed by atoms with E-state index in [1.165, 1.54) is 12.1 Å². The van der Waals surface area contributed by atoms with Crippen LogP contribution < -0.4 is 10.9 Å². The maximum Gasteiger partial charge on any atom is 0.272 e. The van der Waals surface area contributed by atoms with Gasteiger partial charge in [0, 0.05) is 28.6 Å². The average molecular weight is 316 g/mol. The molecule has 0 fully saturated rings. The van der Waals surface area contributed by atoms with Crippen LogP contribution in [0.3, 0.4) is 0 Å². The van der Waals surface area contributed by atoms with Crippen molar-refractivity contribution in [1.29, 1.82) is 0 Å². The van der Waals surface area contributed by atoms with Gasteiger partial charge in [0.2, 0.25) is 0 Å². The minimum Gasteiger partial charge on any atom is -0.383 e. The van der Waals surface area contributed by atoms with E-state index in [2.05, 4.69) is 15.5 Å². The molecule has 0 aliphatic carbocycles. The smallest absolute Gasteiger partial charge is 0.272 e. The number of aromatic amines is 1. The molecule has 1 aromatic heterocycles. The minimum atomic E-state index is -0.450. The monoisotopic (exact) mass is 315 g/mol. The standard InChI is InChI=1S/C16H11ClFN3O/c17-12-4-2-1-3-9(12)11-7-19-13-6-8(18)5-10-14(13)15(11)20-21-16(10)22/h1-6,11,19H,7H2,(H,21,22). The van der Waals surface area contributed by atoms with E-state index < -0.39 is 11.4 Å². The molecule has 2 N–H and O–H groups in total. The Labute approximate surface area is 129 Å². The molecule has 0 amide bonds. The third-order valence-corrected chi connectivity index (χ3v) is 4.33. The van der Waals surface area contributed by atoms with Gasteiger partial charge in [-0.05, 0) is 23.8 Å². The van der Waals surface area contributed by atoms with Crippen LogP contribution in [0, 0.1) is 5.82 Å². The zero-order valence-corrected chi connectivity index (χ0v) is 12.1. The SMILES string of the molecule is O=c1[nH]nc2c3c(cc(F)cc13)NCC2c1ccccc1Cl. The average Bonchev–Trinajstić information content (AvgIpc) is 2.51. The third kappa shape index (κ3) is 1.89. The number of rotatable bonds is 1. The Morgan fingerprint density at radius 3 is 2.91 bits per heavy atom. The molecule has 1 aliphatic heterocycles. The van der Waals surface area contributed by atoms with Gasteiger partial charge in [0.25, 0.3) is 5.56 Å². The summed E-state index contributed by atoms with van der Waals surface area (Å²) >= 11 is 6.29. The maximum absolute atomic E-state index is 13.7. The fourth-order valence-electron chi connectivity index (χ4n) is 3.00. The molecule has 0 spiro atoms. The van der Waals surface area contributed by atoms with Crippen LogP contribution in [-0.2, 0) is 0 Å². The van der Waals surface area contributed by atoms with Gasteiger partial charge in [-0.3, -0.25) is 4.79 Å². The van der Waals surface area contributed by atoms with E-state index in [1.807, 2.05) is 24.3 Å². The van der Waals surface area contributed by atoms with Crippen LogP contribution in [0.5, 0.6) is 0 Å². The molecule has 4 rings (SSSR count). The van der Waals surface area contributed by atoms with Crippen molar-refractivity contribution < 1.29 is 4.39 Å².